The number of rotatable bonds is 5. The number of pyridine rings is 1. The molecule has 8 heteroatoms. The molecular formula is C19H16N4O4. The van der Waals surface area contributed by atoms with Gasteiger partial charge in [-0.2, -0.15) is 0 Å². The lowest BCUT2D eigenvalue weighted by Gasteiger charge is -2.09. The third-order valence-electron chi connectivity index (χ3n) is 3.98. The minimum atomic E-state index is -0.565. The Bertz CT molecular complexity index is 1040. The summed E-state index contributed by atoms with van der Waals surface area (Å²) in [5.74, 6) is -0.993. The van der Waals surface area contributed by atoms with Crippen LogP contribution in [0.15, 0.2) is 54.7 Å². The molecule has 0 aliphatic carbocycles. The van der Waals surface area contributed by atoms with Crippen molar-refractivity contribution in [3.05, 3.63) is 76.0 Å². The number of aryl methyl sites for hydroxylation is 1. The number of hydrogen-bond donors (Lipinski definition) is 2. The van der Waals surface area contributed by atoms with E-state index in [1.807, 2.05) is 12.1 Å². The van der Waals surface area contributed by atoms with Crippen molar-refractivity contribution in [1.82, 2.24) is 10.3 Å². The van der Waals surface area contributed by atoms with Gasteiger partial charge in [-0.3, -0.25) is 24.7 Å². The standard InChI is InChI=1S/C19H16N4O4/c1-12-7-8-14(10-16(12)23(26)27)19(25)21-11-17(24)22-15-6-2-4-13-5-3-9-20-18(13)15/h2-10H,11H2,1H3,(H,21,25)(H,22,24). The number of amides is 2. The van der Waals surface area contributed by atoms with E-state index < -0.39 is 16.7 Å². The molecule has 0 spiro atoms. The molecular weight excluding hydrogens is 348 g/mol. The first-order valence-electron chi connectivity index (χ1n) is 8.12. The molecule has 0 saturated carbocycles. The average molecular weight is 364 g/mol. The molecule has 8 nitrogen and oxygen atoms in total. The van der Waals surface area contributed by atoms with E-state index in [1.165, 1.54) is 18.2 Å². The van der Waals surface area contributed by atoms with Gasteiger partial charge in [-0.25, -0.2) is 0 Å². The molecule has 136 valence electrons. The lowest BCUT2D eigenvalue weighted by atomic mass is 10.1. The van der Waals surface area contributed by atoms with Crippen molar-refractivity contribution < 1.29 is 14.5 Å². The zero-order valence-corrected chi connectivity index (χ0v) is 14.4. The number of nitrogens with zero attached hydrogens (tertiary/aromatic N) is 2. The minimum Gasteiger partial charge on any atom is -0.343 e. The summed E-state index contributed by atoms with van der Waals surface area (Å²) in [5, 5.41) is 17.0. The van der Waals surface area contributed by atoms with Crippen LogP contribution in [-0.4, -0.2) is 28.3 Å². The molecule has 0 unspecified atom stereocenters. The lowest BCUT2D eigenvalue weighted by molar-refractivity contribution is -0.385. The monoisotopic (exact) mass is 364 g/mol. The lowest BCUT2D eigenvalue weighted by Crippen LogP contribution is -2.33. The Balaban J connectivity index is 1.66. The summed E-state index contributed by atoms with van der Waals surface area (Å²) < 4.78 is 0. The molecule has 0 fully saturated rings. The highest BCUT2D eigenvalue weighted by Crippen LogP contribution is 2.21. The molecule has 3 aromatic rings. The fourth-order valence-corrected chi connectivity index (χ4v) is 2.61. The van der Waals surface area contributed by atoms with Crippen LogP contribution in [0.4, 0.5) is 11.4 Å². The van der Waals surface area contributed by atoms with Gasteiger partial charge in [0.2, 0.25) is 5.91 Å². The van der Waals surface area contributed by atoms with Gasteiger partial charge in [0.1, 0.15) is 0 Å². The molecule has 0 bridgehead atoms. The molecule has 0 saturated heterocycles. The third-order valence-corrected chi connectivity index (χ3v) is 3.98. The summed E-state index contributed by atoms with van der Waals surface area (Å²) >= 11 is 0. The van der Waals surface area contributed by atoms with Crippen molar-refractivity contribution >= 4 is 34.1 Å². The Labute approximate surface area is 154 Å². The Kier molecular flexibility index (Phi) is 5.07. The molecule has 0 aliphatic heterocycles. The number of carbonyl (C=O) groups is 2. The molecule has 1 aromatic heterocycles. The summed E-state index contributed by atoms with van der Waals surface area (Å²) in [6.45, 7) is 1.31. The predicted octanol–water partition coefficient (Wildman–Crippen LogP) is 2.82. The van der Waals surface area contributed by atoms with E-state index in [9.17, 15) is 19.7 Å². The van der Waals surface area contributed by atoms with Crippen molar-refractivity contribution in [2.75, 3.05) is 11.9 Å². The van der Waals surface area contributed by atoms with E-state index in [0.29, 0.717) is 16.8 Å². The Hall–Kier alpha value is -3.81. The fraction of sp³-hybridized carbons (Fsp3) is 0.105. The maximum absolute atomic E-state index is 12.2. The van der Waals surface area contributed by atoms with Crippen LogP contribution in [0.25, 0.3) is 10.9 Å². The first-order valence-corrected chi connectivity index (χ1v) is 8.12. The number of carbonyl (C=O) groups excluding carboxylic acids is 2. The van der Waals surface area contributed by atoms with E-state index >= 15 is 0 Å². The van der Waals surface area contributed by atoms with E-state index in [2.05, 4.69) is 15.6 Å². The largest absolute Gasteiger partial charge is 0.343 e. The quantitative estimate of drug-likeness (QED) is 0.534. The number of benzene rings is 2. The average Bonchev–Trinajstić information content (AvgIpc) is 2.66. The Morgan fingerprint density at radius 2 is 1.93 bits per heavy atom. The molecule has 1 heterocycles. The zero-order chi connectivity index (χ0) is 19.4. The third kappa shape index (κ3) is 4.06. The van der Waals surface area contributed by atoms with Crippen LogP contribution in [-0.2, 0) is 4.79 Å². The van der Waals surface area contributed by atoms with Gasteiger partial charge in [0.15, 0.2) is 0 Å². The molecule has 27 heavy (non-hydrogen) atoms. The van der Waals surface area contributed by atoms with E-state index in [-0.39, 0.29) is 17.8 Å². The van der Waals surface area contributed by atoms with Crippen molar-refractivity contribution in [3.63, 3.8) is 0 Å². The summed E-state index contributed by atoms with van der Waals surface area (Å²) in [6, 6.07) is 13.2. The summed E-state index contributed by atoms with van der Waals surface area (Å²) in [5.41, 5.74) is 1.62. The minimum absolute atomic E-state index is 0.118. The van der Waals surface area contributed by atoms with Gasteiger partial charge in [0, 0.05) is 28.8 Å². The van der Waals surface area contributed by atoms with Crippen LogP contribution < -0.4 is 10.6 Å². The van der Waals surface area contributed by atoms with Crippen LogP contribution in [0, 0.1) is 17.0 Å². The number of hydrogen-bond acceptors (Lipinski definition) is 5. The molecule has 2 aromatic carbocycles. The second kappa shape index (κ2) is 7.61. The molecule has 2 N–H and O–H groups in total. The normalized spacial score (nSPS) is 10.4. The van der Waals surface area contributed by atoms with Gasteiger partial charge >= 0.3 is 0 Å². The number of nitrogens with one attached hydrogen (secondary N) is 2. The van der Waals surface area contributed by atoms with Gasteiger partial charge < -0.3 is 10.6 Å². The highest BCUT2D eigenvalue weighted by molar-refractivity contribution is 6.03. The van der Waals surface area contributed by atoms with Crippen LogP contribution in [0.1, 0.15) is 15.9 Å². The van der Waals surface area contributed by atoms with Gasteiger partial charge in [-0.05, 0) is 25.1 Å². The smallest absolute Gasteiger partial charge is 0.273 e. The van der Waals surface area contributed by atoms with Crippen molar-refractivity contribution in [3.8, 4) is 0 Å². The Morgan fingerprint density at radius 3 is 2.70 bits per heavy atom. The molecule has 3 rings (SSSR count). The van der Waals surface area contributed by atoms with Gasteiger partial charge in [-0.1, -0.05) is 24.3 Å². The zero-order valence-electron chi connectivity index (χ0n) is 14.4. The van der Waals surface area contributed by atoms with Crippen molar-refractivity contribution in [2.24, 2.45) is 0 Å². The van der Waals surface area contributed by atoms with Gasteiger partial charge in [-0.15, -0.1) is 0 Å². The second-order valence-corrected chi connectivity index (χ2v) is 5.87. The van der Waals surface area contributed by atoms with Crippen LogP contribution in [0.3, 0.4) is 0 Å². The van der Waals surface area contributed by atoms with Crippen LogP contribution >= 0.6 is 0 Å². The van der Waals surface area contributed by atoms with E-state index in [0.717, 1.165) is 5.39 Å². The van der Waals surface area contributed by atoms with Crippen molar-refractivity contribution in [1.29, 1.82) is 0 Å². The summed E-state index contributed by atoms with van der Waals surface area (Å²) in [6.07, 6.45) is 1.63. The van der Waals surface area contributed by atoms with Gasteiger partial charge in [0.25, 0.3) is 11.6 Å². The number of nitro groups is 1. The highest BCUT2D eigenvalue weighted by Gasteiger charge is 2.15. The van der Waals surface area contributed by atoms with E-state index in [1.54, 1.807) is 31.3 Å². The number of nitro benzene ring substituents is 1. The first kappa shape index (κ1) is 18.0. The molecule has 0 aliphatic rings. The number of aromatic nitrogens is 1. The van der Waals surface area contributed by atoms with Crippen LogP contribution in [0.2, 0.25) is 0 Å². The molecule has 0 radical (unpaired) electrons. The molecule has 0 atom stereocenters. The number of anilines is 1. The second-order valence-electron chi connectivity index (χ2n) is 5.87. The number of fused-ring (bicyclic) bond motifs is 1. The number of para-hydroxylation sites is 1. The SMILES string of the molecule is Cc1ccc(C(=O)NCC(=O)Nc2cccc3cccnc23)cc1[N+](=O)[O-]. The topological polar surface area (TPSA) is 114 Å². The summed E-state index contributed by atoms with van der Waals surface area (Å²) in [4.78, 5) is 39.0. The Morgan fingerprint density at radius 1 is 1.15 bits per heavy atom. The summed E-state index contributed by atoms with van der Waals surface area (Å²) in [7, 11) is 0. The van der Waals surface area contributed by atoms with Crippen LogP contribution in [0.5, 0.6) is 0 Å². The van der Waals surface area contributed by atoms with E-state index in [4.69, 9.17) is 0 Å². The maximum atomic E-state index is 12.2. The maximum Gasteiger partial charge on any atom is 0.273 e. The highest BCUT2D eigenvalue weighted by atomic mass is 16.6. The predicted molar refractivity (Wildman–Crippen MR) is 101 cm³/mol. The first-order chi connectivity index (χ1) is 13.0. The molecule has 2 amide bonds. The fourth-order valence-electron chi connectivity index (χ4n) is 2.61. The van der Waals surface area contributed by atoms with Crippen molar-refractivity contribution in [2.45, 2.75) is 6.92 Å². The van der Waals surface area contributed by atoms with Gasteiger partial charge in [0.05, 0.1) is 22.7 Å².